The van der Waals surface area contributed by atoms with Crippen molar-refractivity contribution in [3.63, 3.8) is 0 Å². The molecule has 8 nitrogen and oxygen atoms in total. The number of nitrogens with one attached hydrogen (secondary N) is 3. The first-order valence-electron chi connectivity index (χ1n) is 5.92. The first kappa shape index (κ1) is 13.1. The summed E-state index contributed by atoms with van der Waals surface area (Å²) in [7, 11) is 0. The SMILES string of the molecule is CC(C)Cc1cc(C(=O)NCc2n[nH]c(=O)[nH]2)no1. The Balaban J connectivity index is 1.92. The van der Waals surface area contributed by atoms with Gasteiger partial charge in [-0.15, -0.1) is 0 Å². The van der Waals surface area contributed by atoms with E-state index in [2.05, 4.69) is 39.5 Å². The van der Waals surface area contributed by atoms with Crippen molar-refractivity contribution in [3.8, 4) is 0 Å². The van der Waals surface area contributed by atoms with Gasteiger partial charge in [0.25, 0.3) is 5.91 Å². The second-order valence-electron chi connectivity index (χ2n) is 4.58. The van der Waals surface area contributed by atoms with E-state index in [1.54, 1.807) is 6.07 Å². The maximum atomic E-state index is 11.8. The minimum absolute atomic E-state index is 0.115. The highest BCUT2D eigenvalue weighted by Crippen LogP contribution is 2.09. The Morgan fingerprint density at radius 1 is 1.53 bits per heavy atom. The molecule has 0 unspecified atom stereocenters. The number of hydrogen-bond acceptors (Lipinski definition) is 5. The van der Waals surface area contributed by atoms with Crippen LogP contribution >= 0.6 is 0 Å². The van der Waals surface area contributed by atoms with Gasteiger partial charge in [-0.1, -0.05) is 19.0 Å². The van der Waals surface area contributed by atoms with E-state index in [4.69, 9.17) is 4.52 Å². The molecule has 0 radical (unpaired) electrons. The molecule has 102 valence electrons. The van der Waals surface area contributed by atoms with Crippen molar-refractivity contribution < 1.29 is 9.32 Å². The van der Waals surface area contributed by atoms with E-state index in [1.807, 2.05) is 0 Å². The molecule has 0 saturated heterocycles. The molecule has 0 aliphatic heterocycles. The Labute approximate surface area is 108 Å². The van der Waals surface area contributed by atoms with Crippen LogP contribution in [0.1, 0.15) is 35.9 Å². The Kier molecular flexibility index (Phi) is 3.79. The molecule has 2 aromatic rings. The minimum Gasteiger partial charge on any atom is -0.361 e. The molecule has 0 aliphatic rings. The predicted octanol–water partition coefficient (Wildman–Crippen LogP) is 0.215. The third-order valence-electron chi connectivity index (χ3n) is 2.37. The summed E-state index contributed by atoms with van der Waals surface area (Å²) in [5, 5.41) is 12.2. The van der Waals surface area contributed by atoms with Crippen molar-refractivity contribution in [2.75, 3.05) is 0 Å². The summed E-state index contributed by atoms with van der Waals surface area (Å²) >= 11 is 0. The van der Waals surface area contributed by atoms with E-state index in [0.29, 0.717) is 17.5 Å². The van der Waals surface area contributed by atoms with E-state index < -0.39 is 5.69 Å². The maximum absolute atomic E-state index is 11.8. The van der Waals surface area contributed by atoms with Crippen LogP contribution in [-0.2, 0) is 13.0 Å². The van der Waals surface area contributed by atoms with Gasteiger partial charge in [0.15, 0.2) is 5.69 Å². The van der Waals surface area contributed by atoms with Crippen LogP contribution < -0.4 is 11.0 Å². The Morgan fingerprint density at radius 2 is 2.32 bits per heavy atom. The second-order valence-corrected chi connectivity index (χ2v) is 4.58. The standard InChI is InChI=1S/C11H15N5O3/c1-6(2)3-7-4-8(16-19-7)10(17)12-5-9-13-11(18)15-14-9/h4,6H,3,5H2,1-2H3,(H,12,17)(H2,13,14,15,18). The number of aromatic nitrogens is 4. The van der Waals surface area contributed by atoms with Crippen LogP contribution in [0.5, 0.6) is 0 Å². The van der Waals surface area contributed by atoms with Crippen molar-refractivity contribution in [3.05, 3.63) is 33.8 Å². The van der Waals surface area contributed by atoms with Gasteiger partial charge in [-0.3, -0.25) is 9.78 Å². The topological polar surface area (TPSA) is 117 Å². The number of carbonyl (C=O) groups excluding carboxylic acids is 1. The fourth-order valence-electron chi connectivity index (χ4n) is 1.56. The molecule has 3 N–H and O–H groups in total. The summed E-state index contributed by atoms with van der Waals surface area (Å²) in [5.41, 5.74) is -0.196. The fourth-order valence-corrected chi connectivity index (χ4v) is 1.56. The van der Waals surface area contributed by atoms with E-state index in [-0.39, 0.29) is 18.1 Å². The highest BCUT2D eigenvalue weighted by atomic mass is 16.5. The van der Waals surface area contributed by atoms with Gasteiger partial charge in [-0.05, 0) is 5.92 Å². The number of aromatic amines is 2. The van der Waals surface area contributed by atoms with E-state index in [0.717, 1.165) is 6.42 Å². The summed E-state index contributed by atoms with van der Waals surface area (Å²) in [6, 6.07) is 1.61. The van der Waals surface area contributed by atoms with Crippen LogP contribution in [0.3, 0.4) is 0 Å². The fraction of sp³-hybridized carbons (Fsp3) is 0.455. The summed E-state index contributed by atoms with van der Waals surface area (Å²) in [5.74, 6) is 1.08. The molecule has 2 rings (SSSR count). The highest BCUT2D eigenvalue weighted by molar-refractivity contribution is 5.92. The zero-order valence-electron chi connectivity index (χ0n) is 10.7. The molecular weight excluding hydrogens is 250 g/mol. The highest BCUT2D eigenvalue weighted by Gasteiger charge is 2.13. The van der Waals surface area contributed by atoms with Crippen molar-refractivity contribution in [1.82, 2.24) is 25.7 Å². The normalized spacial score (nSPS) is 10.9. The molecule has 0 fully saturated rings. The van der Waals surface area contributed by atoms with Gasteiger partial charge >= 0.3 is 5.69 Å². The number of rotatable bonds is 5. The van der Waals surface area contributed by atoms with E-state index in [9.17, 15) is 9.59 Å². The molecule has 2 heterocycles. The lowest BCUT2D eigenvalue weighted by atomic mass is 10.1. The van der Waals surface area contributed by atoms with Crippen LogP contribution in [-0.4, -0.2) is 26.2 Å². The molecular formula is C11H15N5O3. The molecule has 0 atom stereocenters. The average Bonchev–Trinajstić information content (AvgIpc) is 2.95. The zero-order valence-corrected chi connectivity index (χ0v) is 10.7. The minimum atomic E-state index is -0.412. The molecule has 19 heavy (non-hydrogen) atoms. The number of H-pyrrole nitrogens is 2. The van der Waals surface area contributed by atoms with Crippen molar-refractivity contribution in [2.45, 2.75) is 26.8 Å². The van der Waals surface area contributed by atoms with Crippen LogP contribution in [0, 0.1) is 5.92 Å². The largest absolute Gasteiger partial charge is 0.361 e. The quantitative estimate of drug-likeness (QED) is 0.714. The van der Waals surface area contributed by atoms with Gasteiger partial charge in [0, 0.05) is 12.5 Å². The van der Waals surface area contributed by atoms with Gasteiger partial charge in [0.2, 0.25) is 0 Å². The molecule has 8 heteroatoms. The molecule has 0 spiro atoms. The van der Waals surface area contributed by atoms with Gasteiger partial charge in [0.05, 0.1) is 6.54 Å². The van der Waals surface area contributed by atoms with Gasteiger partial charge < -0.3 is 9.84 Å². The van der Waals surface area contributed by atoms with Gasteiger partial charge in [-0.25, -0.2) is 9.89 Å². The van der Waals surface area contributed by atoms with E-state index in [1.165, 1.54) is 0 Å². The summed E-state index contributed by atoms with van der Waals surface area (Å²) in [6.07, 6.45) is 0.729. The van der Waals surface area contributed by atoms with Gasteiger partial charge in [0.1, 0.15) is 11.6 Å². The molecule has 0 bridgehead atoms. The molecule has 2 aromatic heterocycles. The Bertz CT molecular complexity index is 610. The lowest BCUT2D eigenvalue weighted by Crippen LogP contribution is -2.23. The summed E-state index contributed by atoms with van der Waals surface area (Å²) in [4.78, 5) is 25.0. The first-order valence-corrected chi connectivity index (χ1v) is 5.92. The number of nitrogens with zero attached hydrogens (tertiary/aromatic N) is 2. The van der Waals surface area contributed by atoms with Crippen LogP contribution in [0.4, 0.5) is 0 Å². The lowest BCUT2D eigenvalue weighted by molar-refractivity contribution is 0.0940. The molecule has 0 saturated carbocycles. The number of hydrogen-bond donors (Lipinski definition) is 3. The number of amides is 1. The average molecular weight is 265 g/mol. The van der Waals surface area contributed by atoms with Crippen molar-refractivity contribution in [1.29, 1.82) is 0 Å². The molecule has 1 amide bonds. The zero-order chi connectivity index (χ0) is 13.8. The third kappa shape index (κ3) is 3.54. The lowest BCUT2D eigenvalue weighted by Gasteiger charge is -1.98. The molecule has 0 aliphatic carbocycles. The van der Waals surface area contributed by atoms with Gasteiger partial charge in [-0.2, -0.15) is 5.10 Å². The molecule has 0 aromatic carbocycles. The number of carbonyl (C=O) groups is 1. The Hall–Kier alpha value is -2.38. The summed E-state index contributed by atoms with van der Waals surface area (Å²) < 4.78 is 5.06. The van der Waals surface area contributed by atoms with Crippen LogP contribution in [0.2, 0.25) is 0 Å². The Morgan fingerprint density at radius 3 is 2.95 bits per heavy atom. The van der Waals surface area contributed by atoms with Crippen molar-refractivity contribution in [2.24, 2.45) is 5.92 Å². The summed E-state index contributed by atoms with van der Waals surface area (Å²) in [6.45, 7) is 4.22. The first-order chi connectivity index (χ1) is 9.04. The van der Waals surface area contributed by atoms with Crippen LogP contribution in [0.15, 0.2) is 15.4 Å². The predicted molar refractivity (Wildman–Crippen MR) is 65.4 cm³/mol. The van der Waals surface area contributed by atoms with Crippen LogP contribution in [0.25, 0.3) is 0 Å². The smallest absolute Gasteiger partial charge is 0.340 e. The van der Waals surface area contributed by atoms with E-state index >= 15 is 0 Å². The maximum Gasteiger partial charge on any atom is 0.340 e. The van der Waals surface area contributed by atoms with Crippen molar-refractivity contribution >= 4 is 5.91 Å². The third-order valence-corrected chi connectivity index (χ3v) is 2.37. The second kappa shape index (κ2) is 5.51. The monoisotopic (exact) mass is 265 g/mol.